The summed E-state index contributed by atoms with van der Waals surface area (Å²) >= 11 is 0. The van der Waals surface area contributed by atoms with E-state index >= 15 is 0 Å². The van der Waals surface area contributed by atoms with E-state index in [0.29, 0.717) is 0 Å². The zero-order chi connectivity index (χ0) is 17.6. The van der Waals surface area contributed by atoms with Crippen molar-refractivity contribution in [2.45, 2.75) is 26.9 Å². The molecule has 6 heteroatoms. The second-order valence-electron chi connectivity index (χ2n) is 6.49. The van der Waals surface area contributed by atoms with E-state index in [9.17, 15) is 0 Å². The van der Waals surface area contributed by atoms with Crippen molar-refractivity contribution in [3.05, 3.63) is 52.7 Å². The van der Waals surface area contributed by atoms with E-state index in [0.717, 1.165) is 51.0 Å². The fourth-order valence-corrected chi connectivity index (χ4v) is 3.32. The predicted molar refractivity (Wildman–Crippen MR) is 108 cm³/mol. The van der Waals surface area contributed by atoms with Crippen LogP contribution in [-0.2, 0) is 17.8 Å². The molecule has 0 atom stereocenters. The van der Waals surface area contributed by atoms with Crippen molar-refractivity contribution in [1.82, 2.24) is 10.3 Å². The molecule has 2 aromatic rings. The first-order chi connectivity index (χ1) is 12.2. The van der Waals surface area contributed by atoms with Gasteiger partial charge >= 0.3 is 0 Å². The van der Waals surface area contributed by atoms with Crippen molar-refractivity contribution in [2.75, 3.05) is 38.3 Å². The molecule has 142 valence electrons. The highest BCUT2D eigenvalue weighted by atomic mass is 35.5. The zero-order valence-electron chi connectivity index (χ0n) is 15.7. The first kappa shape index (κ1) is 20.5. The molecule has 5 nitrogen and oxygen atoms in total. The Balaban J connectivity index is 0.00000243. The first-order valence-electron chi connectivity index (χ1n) is 8.80. The Bertz CT molecular complexity index is 678. The van der Waals surface area contributed by atoms with Crippen LogP contribution in [0.3, 0.4) is 0 Å². The maximum Gasteiger partial charge on any atom is 0.128 e. The molecule has 0 amide bonds. The number of hydrogen-bond donors (Lipinski definition) is 1. The summed E-state index contributed by atoms with van der Waals surface area (Å²) in [4.78, 5) is 6.86. The van der Waals surface area contributed by atoms with Gasteiger partial charge in [-0.1, -0.05) is 18.2 Å². The maximum atomic E-state index is 5.43. The summed E-state index contributed by atoms with van der Waals surface area (Å²) in [6.45, 7) is 9.21. The third kappa shape index (κ3) is 5.10. The Morgan fingerprint density at radius 2 is 1.73 bits per heavy atom. The number of aromatic nitrogens is 1. The van der Waals surface area contributed by atoms with Crippen LogP contribution in [0.2, 0.25) is 0 Å². The topological polar surface area (TPSA) is 46.6 Å². The van der Waals surface area contributed by atoms with E-state index in [2.05, 4.69) is 53.3 Å². The van der Waals surface area contributed by atoms with Crippen molar-refractivity contribution >= 4 is 18.2 Å². The Morgan fingerprint density at radius 1 is 1.08 bits per heavy atom. The predicted octanol–water partition coefficient (Wildman–Crippen LogP) is 3.26. The van der Waals surface area contributed by atoms with Gasteiger partial charge < -0.3 is 19.7 Å². The number of anilines is 1. The molecule has 1 saturated heterocycles. The molecular weight excluding hydrogens is 350 g/mol. The highest BCUT2D eigenvalue weighted by Gasteiger charge is 2.12. The van der Waals surface area contributed by atoms with Crippen LogP contribution in [0.1, 0.15) is 22.3 Å². The molecule has 1 aromatic heterocycles. The molecule has 1 aromatic carbocycles. The summed E-state index contributed by atoms with van der Waals surface area (Å²) in [7, 11) is 1.72. The Hall–Kier alpha value is -1.82. The van der Waals surface area contributed by atoms with Crippen LogP contribution in [-0.4, -0.2) is 38.4 Å². The second-order valence-corrected chi connectivity index (χ2v) is 6.49. The van der Waals surface area contributed by atoms with Crippen LogP contribution in [0.5, 0.6) is 5.75 Å². The number of rotatable bonds is 6. The quantitative estimate of drug-likeness (QED) is 0.837. The number of nitrogens with one attached hydrogen (secondary N) is 1. The highest BCUT2D eigenvalue weighted by Crippen LogP contribution is 2.24. The number of halogens is 1. The molecule has 0 saturated carbocycles. The van der Waals surface area contributed by atoms with E-state index in [1.807, 2.05) is 6.20 Å². The molecule has 1 N–H and O–H groups in total. The summed E-state index contributed by atoms with van der Waals surface area (Å²) < 4.78 is 10.8. The van der Waals surface area contributed by atoms with Crippen LogP contribution in [0.4, 0.5) is 5.82 Å². The summed E-state index contributed by atoms with van der Waals surface area (Å²) in [5, 5.41) is 3.49. The average molecular weight is 378 g/mol. The third-order valence-corrected chi connectivity index (χ3v) is 4.53. The minimum atomic E-state index is 0. The Morgan fingerprint density at radius 3 is 2.31 bits per heavy atom. The van der Waals surface area contributed by atoms with Gasteiger partial charge in [-0.15, -0.1) is 12.4 Å². The van der Waals surface area contributed by atoms with Crippen molar-refractivity contribution in [2.24, 2.45) is 0 Å². The van der Waals surface area contributed by atoms with Gasteiger partial charge in [-0.2, -0.15) is 0 Å². The van der Waals surface area contributed by atoms with E-state index in [4.69, 9.17) is 9.47 Å². The lowest BCUT2D eigenvalue weighted by molar-refractivity contribution is 0.122. The molecule has 1 fully saturated rings. The largest absolute Gasteiger partial charge is 0.496 e. The summed E-state index contributed by atoms with van der Waals surface area (Å²) in [5.74, 6) is 2.01. The molecule has 1 aliphatic rings. The molecule has 26 heavy (non-hydrogen) atoms. The van der Waals surface area contributed by atoms with Crippen LogP contribution in [0, 0.1) is 13.8 Å². The number of pyridine rings is 1. The van der Waals surface area contributed by atoms with Crippen molar-refractivity contribution in [1.29, 1.82) is 0 Å². The molecule has 1 aliphatic heterocycles. The van der Waals surface area contributed by atoms with Gasteiger partial charge in [0, 0.05) is 32.4 Å². The highest BCUT2D eigenvalue weighted by molar-refractivity contribution is 5.85. The van der Waals surface area contributed by atoms with Crippen LogP contribution in [0.25, 0.3) is 0 Å². The van der Waals surface area contributed by atoms with Gasteiger partial charge in [-0.25, -0.2) is 4.98 Å². The summed E-state index contributed by atoms with van der Waals surface area (Å²) in [6, 6.07) is 8.61. The SMILES string of the molecule is COc1c(C)cc(CNCc2ccc(N3CCOCC3)nc2)cc1C.Cl. The summed E-state index contributed by atoms with van der Waals surface area (Å²) in [5.41, 5.74) is 4.82. The number of benzene rings is 1. The van der Waals surface area contributed by atoms with Crippen LogP contribution < -0.4 is 15.0 Å². The number of aryl methyl sites for hydroxylation is 2. The Labute approximate surface area is 162 Å². The van der Waals surface area contributed by atoms with Gasteiger partial charge in [0.25, 0.3) is 0 Å². The lowest BCUT2D eigenvalue weighted by atomic mass is 10.1. The van der Waals surface area contributed by atoms with Crippen molar-refractivity contribution < 1.29 is 9.47 Å². The lowest BCUT2D eigenvalue weighted by Crippen LogP contribution is -2.36. The van der Waals surface area contributed by atoms with E-state index in [1.165, 1.54) is 22.3 Å². The van der Waals surface area contributed by atoms with Crippen molar-refractivity contribution in [3.63, 3.8) is 0 Å². The van der Waals surface area contributed by atoms with Crippen LogP contribution >= 0.6 is 12.4 Å². The minimum absolute atomic E-state index is 0. The van der Waals surface area contributed by atoms with Gasteiger partial charge in [-0.05, 0) is 42.2 Å². The molecule has 0 aliphatic carbocycles. The van der Waals surface area contributed by atoms with Crippen molar-refractivity contribution in [3.8, 4) is 5.75 Å². The van der Waals surface area contributed by atoms with Gasteiger partial charge in [0.2, 0.25) is 0 Å². The summed E-state index contributed by atoms with van der Waals surface area (Å²) in [6.07, 6.45) is 1.96. The number of methoxy groups -OCH3 is 1. The fourth-order valence-electron chi connectivity index (χ4n) is 3.32. The number of morpholine rings is 1. The third-order valence-electron chi connectivity index (χ3n) is 4.53. The normalized spacial score (nSPS) is 14.0. The molecule has 2 heterocycles. The number of hydrogen-bond acceptors (Lipinski definition) is 5. The monoisotopic (exact) mass is 377 g/mol. The molecule has 0 spiro atoms. The van der Waals surface area contributed by atoms with Gasteiger partial charge in [0.05, 0.1) is 20.3 Å². The van der Waals surface area contributed by atoms with Gasteiger partial charge in [0.15, 0.2) is 0 Å². The number of nitrogens with zero attached hydrogens (tertiary/aromatic N) is 2. The molecule has 3 rings (SSSR count). The lowest BCUT2D eigenvalue weighted by Gasteiger charge is -2.27. The van der Waals surface area contributed by atoms with Crippen LogP contribution in [0.15, 0.2) is 30.5 Å². The number of ether oxygens (including phenoxy) is 2. The smallest absolute Gasteiger partial charge is 0.128 e. The second kappa shape index (κ2) is 9.76. The fraction of sp³-hybridized carbons (Fsp3) is 0.450. The van der Waals surface area contributed by atoms with E-state index in [-0.39, 0.29) is 12.4 Å². The molecule has 0 bridgehead atoms. The zero-order valence-corrected chi connectivity index (χ0v) is 16.6. The standard InChI is InChI=1S/C20H27N3O2.ClH/c1-15-10-18(11-16(2)20(15)24-3)13-21-12-17-4-5-19(22-14-17)23-6-8-25-9-7-23;/h4-5,10-11,14,21H,6-9,12-13H2,1-3H3;1H. The van der Waals surface area contributed by atoms with E-state index in [1.54, 1.807) is 7.11 Å². The van der Waals surface area contributed by atoms with Gasteiger partial charge in [0.1, 0.15) is 11.6 Å². The first-order valence-corrected chi connectivity index (χ1v) is 8.80. The van der Waals surface area contributed by atoms with Gasteiger partial charge in [-0.3, -0.25) is 0 Å². The average Bonchev–Trinajstić information content (AvgIpc) is 2.63. The van der Waals surface area contributed by atoms with E-state index < -0.39 is 0 Å². The maximum absolute atomic E-state index is 5.43. The molecule has 0 unspecified atom stereocenters. The minimum Gasteiger partial charge on any atom is -0.496 e. The molecule has 0 radical (unpaired) electrons. The Kier molecular flexibility index (Phi) is 7.69. The molecular formula is C20H28ClN3O2.